The van der Waals surface area contributed by atoms with Gasteiger partial charge in [-0.05, 0) is 43.9 Å². The van der Waals surface area contributed by atoms with Gasteiger partial charge in [0.25, 0.3) is 0 Å². The minimum atomic E-state index is 0. The Kier molecular flexibility index (Phi) is 8.11. The van der Waals surface area contributed by atoms with Gasteiger partial charge in [-0.1, -0.05) is 29.3 Å². The highest BCUT2D eigenvalue weighted by Gasteiger charge is 2.42. The molecule has 2 fully saturated rings. The maximum atomic E-state index is 6.24. The van der Waals surface area contributed by atoms with Crippen molar-refractivity contribution in [3.63, 3.8) is 0 Å². The molecular formula is C18H26Cl2IN3O. The Bertz CT molecular complexity index is 586. The molecule has 1 aromatic rings. The summed E-state index contributed by atoms with van der Waals surface area (Å²) in [6.45, 7) is 7.50. The summed E-state index contributed by atoms with van der Waals surface area (Å²) in [6, 6.07) is 5.62. The Morgan fingerprint density at radius 1 is 1.32 bits per heavy atom. The summed E-state index contributed by atoms with van der Waals surface area (Å²) in [5.74, 6) is 0.990. The number of hydrogen-bond donors (Lipinski definition) is 1. The van der Waals surface area contributed by atoms with Crippen LogP contribution in [0.3, 0.4) is 0 Å². The van der Waals surface area contributed by atoms with Crippen LogP contribution in [0.4, 0.5) is 0 Å². The minimum absolute atomic E-state index is 0. The third-order valence-corrected chi connectivity index (χ3v) is 5.65. The van der Waals surface area contributed by atoms with Crippen molar-refractivity contribution < 1.29 is 4.74 Å². The van der Waals surface area contributed by atoms with Crippen molar-refractivity contribution in [3.8, 4) is 0 Å². The zero-order valence-electron chi connectivity index (χ0n) is 14.6. The molecule has 1 atom stereocenters. The van der Waals surface area contributed by atoms with Crippen molar-refractivity contribution in [1.29, 1.82) is 0 Å². The molecule has 0 amide bonds. The lowest BCUT2D eigenvalue weighted by Gasteiger charge is -2.25. The first-order chi connectivity index (χ1) is 11.6. The maximum Gasteiger partial charge on any atom is 0.193 e. The molecule has 25 heavy (non-hydrogen) atoms. The van der Waals surface area contributed by atoms with Crippen LogP contribution in [-0.4, -0.2) is 50.3 Å². The quantitative estimate of drug-likeness (QED) is 0.384. The fourth-order valence-corrected chi connectivity index (χ4v) is 4.14. The van der Waals surface area contributed by atoms with E-state index in [9.17, 15) is 0 Å². The van der Waals surface area contributed by atoms with E-state index in [1.54, 1.807) is 0 Å². The Labute approximate surface area is 177 Å². The number of ether oxygens (including phenoxy) is 1. The number of nitrogens with zero attached hydrogens (tertiary/aromatic N) is 2. The van der Waals surface area contributed by atoms with Crippen LogP contribution in [-0.2, 0) is 11.2 Å². The average molecular weight is 498 g/mol. The molecule has 1 unspecified atom stereocenters. The van der Waals surface area contributed by atoms with Crippen LogP contribution in [0.1, 0.15) is 25.3 Å². The normalized spacial score (nSPS) is 23.2. The van der Waals surface area contributed by atoms with Gasteiger partial charge in [-0.25, -0.2) is 0 Å². The first-order valence-corrected chi connectivity index (χ1v) is 9.43. The largest absolute Gasteiger partial charge is 0.381 e. The molecule has 1 N–H and O–H groups in total. The van der Waals surface area contributed by atoms with Gasteiger partial charge in [0.2, 0.25) is 0 Å². The molecule has 4 nitrogen and oxygen atoms in total. The van der Waals surface area contributed by atoms with Crippen molar-refractivity contribution in [1.82, 2.24) is 10.2 Å². The van der Waals surface area contributed by atoms with Crippen molar-refractivity contribution in [3.05, 3.63) is 33.8 Å². The molecule has 1 spiro atoms. The lowest BCUT2D eigenvalue weighted by Crippen LogP contribution is -2.41. The third-order valence-electron chi connectivity index (χ3n) is 4.94. The number of likely N-dealkylation sites (tertiary alicyclic amines) is 1. The van der Waals surface area contributed by atoms with Gasteiger partial charge in [-0.2, -0.15) is 0 Å². The van der Waals surface area contributed by atoms with Crippen LogP contribution in [0, 0.1) is 5.41 Å². The summed E-state index contributed by atoms with van der Waals surface area (Å²) in [5.41, 5.74) is 1.31. The topological polar surface area (TPSA) is 36.9 Å². The second-order valence-electron chi connectivity index (χ2n) is 6.66. The van der Waals surface area contributed by atoms with Gasteiger partial charge in [-0.15, -0.1) is 24.0 Å². The van der Waals surface area contributed by atoms with Gasteiger partial charge in [0, 0.05) is 48.2 Å². The van der Waals surface area contributed by atoms with Gasteiger partial charge in [0.1, 0.15) is 0 Å². The number of nitrogens with one attached hydrogen (secondary N) is 1. The van der Waals surface area contributed by atoms with Gasteiger partial charge in [0.05, 0.1) is 6.61 Å². The van der Waals surface area contributed by atoms with Gasteiger partial charge < -0.3 is 15.0 Å². The second-order valence-corrected chi connectivity index (χ2v) is 7.47. The first kappa shape index (κ1) is 21.1. The van der Waals surface area contributed by atoms with Crippen LogP contribution < -0.4 is 5.32 Å². The first-order valence-electron chi connectivity index (χ1n) is 8.67. The van der Waals surface area contributed by atoms with Crippen molar-refractivity contribution >= 4 is 53.1 Å². The van der Waals surface area contributed by atoms with Gasteiger partial charge in [-0.3, -0.25) is 4.99 Å². The molecule has 2 heterocycles. The summed E-state index contributed by atoms with van der Waals surface area (Å²) >= 11 is 12.5. The summed E-state index contributed by atoms with van der Waals surface area (Å²) in [6.07, 6.45) is 3.10. The number of rotatable bonds is 4. The highest BCUT2D eigenvalue weighted by atomic mass is 127. The fourth-order valence-electron chi connectivity index (χ4n) is 3.56. The number of halogens is 3. The van der Waals surface area contributed by atoms with Gasteiger partial charge >= 0.3 is 0 Å². The van der Waals surface area contributed by atoms with E-state index in [0.717, 1.165) is 57.2 Å². The van der Waals surface area contributed by atoms with E-state index in [1.165, 1.54) is 6.42 Å². The monoisotopic (exact) mass is 497 g/mol. The van der Waals surface area contributed by atoms with E-state index >= 15 is 0 Å². The van der Waals surface area contributed by atoms with Crippen LogP contribution in [0.2, 0.25) is 10.0 Å². The zero-order chi connectivity index (χ0) is 17.0. The molecule has 140 valence electrons. The maximum absolute atomic E-state index is 6.24. The van der Waals surface area contributed by atoms with E-state index in [4.69, 9.17) is 32.9 Å². The fraction of sp³-hybridized carbons (Fsp3) is 0.611. The number of hydrogen-bond acceptors (Lipinski definition) is 2. The van der Waals surface area contributed by atoms with E-state index in [1.807, 2.05) is 18.2 Å². The molecule has 0 radical (unpaired) electrons. The van der Waals surface area contributed by atoms with Crippen molar-refractivity contribution in [2.45, 2.75) is 26.2 Å². The highest BCUT2D eigenvalue weighted by molar-refractivity contribution is 14.0. The van der Waals surface area contributed by atoms with E-state index in [0.29, 0.717) is 22.0 Å². The van der Waals surface area contributed by atoms with Gasteiger partial charge in [0.15, 0.2) is 5.96 Å². The van der Waals surface area contributed by atoms with Crippen LogP contribution >= 0.6 is 47.2 Å². The lowest BCUT2D eigenvalue weighted by atomic mass is 9.87. The van der Waals surface area contributed by atoms with Crippen LogP contribution in [0.25, 0.3) is 0 Å². The Hall–Kier alpha value is -0.240. The molecule has 7 heteroatoms. The Morgan fingerprint density at radius 2 is 2.08 bits per heavy atom. The summed E-state index contributed by atoms with van der Waals surface area (Å²) in [7, 11) is 0. The predicted molar refractivity (Wildman–Crippen MR) is 116 cm³/mol. The van der Waals surface area contributed by atoms with E-state index in [2.05, 4.69) is 17.1 Å². The number of aliphatic imine (C=N–C) groups is 1. The molecule has 2 aliphatic heterocycles. The molecule has 0 saturated carbocycles. The average Bonchev–Trinajstić information content (AvgIpc) is 3.20. The smallest absolute Gasteiger partial charge is 0.193 e. The summed E-state index contributed by atoms with van der Waals surface area (Å²) < 4.78 is 5.62. The third kappa shape index (κ3) is 5.15. The summed E-state index contributed by atoms with van der Waals surface area (Å²) in [4.78, 5) is 7.17. The standard InChI is InChI=1S/C18H25Cl2N3O.HI/c1-2-21-17(23-10-7-18(12-23)8-11-24-13-18)22-9-6-14-15(19)4-3-5-16(14)20;/h3-5H,2,6-13H2,1H3,(H,21,22);1H. The molecular weight excluding hydrogens is 472 g/mol. The molecule has 2 aliphatic rings. The molecule has 2 saturated heterocycles. The van der Waals surface area contributed by atoms with Crippen LogP contribution in [0.15, 0.2) is 23.2 Å². The van der Waals surface area contributed by atoms with E-state index in [-0.39, 0.29) is 24.0 Å². The second kappa shape index (κ2) is 9.62. The predicted octanol–water partition coefficient (Wildman–Crippen LogP) is 4.23. The Morgan fingerprint density at radius 3 is 2.72 bits per heavy atom. The molecule has 1 aromatic carbocycles. The molecule has 0 bridgehead atoms. The molecule has 3 rings (SSSR count). The number of guanidine groups is 1. The van der Waals surface area contributed by atoms with E-state index < -0.39 is 0 Å². The minimum Gasteiger partial charge on any atom is -0.381 e. The molecule has 0 aromatic heterocycles. The zero-order valence-corrected chi connectivity index (χ0v) is 18.4. The van der Waals surface area contributed by atoms with Crippen molar-refractivity contribution in [2.75, 3.05) is 39.4 Å². The summed E-state index contributed by atoms with van der Waals surface area (Å²) in [5, 5.41) is 4.84. The number of benzene rings is 1. The Balaban J connectivity index is 0.00000225. The van der Waals surface area contributed by atoms with Crippen molar-refractivity contribution in [2.24, 2.45) is 10.4 Å². The van der Waals surface area contributed by atoms with Crippen LogP contribution in [0.5, 0.6) is 0 Å². The highest BCUT2D eigenvalue weighted by Crippen LogP contribution is 2.38. The molecule has 0 aliphatic carbocycles. The SMILES string of the molecule is CCNC(=NCCc1c(Cl)cccc1Cl)N1CCC2(CCOC2)C1.I. The lowest BCUT2D eigenvalue weighted by molar-refractivity contribution is 0.156.